The number of hydrogen-bond donors (Lipinski definition) is 0. The summed E-state index contributed by atoms with van der Waals surface area (Å²) in [6.45, 7) is 21.8. The first-order valence-corrected chi connectivity index (χ1v) is 18.0. The van der Waals surface area contributed by atoms with Crippen LogP contribution in [0.15, 0.2) is 48.5 Å². The van der Waals surface area contributed by atoms with Gasteiger partial charge >= 0.3 is 0 Å². The topological polar surface area (TPSA) is 18.5 Å². The standard InChI is InChI=1S/C30H39FO2Si2/c1-12-21-17-24(22-14-16-28(27(31)19-22)33-35(10,11)30(5,6)7)18-23-13-15-25(20-26(21)23)32-34(8,9)29(2,3)4/h1,13-20H,2-11H3. The average molecular weight is 507 g/mol. The zero-order chi connectivity index (χ0) is 26.4. The van der Waals surface area contributed by atoms with E-state index >= 15 is 4.39 Å². The lowest BCUT2D eigenvalue weighted by Gasteiger charge is -2.36. The molecule has 0 saturated carbocycles. The first kappa shape index (κ1) is 27.0. The fraction of sp³-hybridized carbons (Fsp3) is 0.400. The van der Waals surface area contributed by atoms with Crippen molar-refractivity contribution in [2.45, 2.75) is 77.8 Å². The number of benzene rings is 3. The highest BCUT2D eigenvalue weighted by molar-refractivity contribution is 6.75. The van der Waals surface area contributed by atoms with E-state index in [0.29, 0.717) is 5.75 Å². The van der Waals surface area contributed by atoms with Crippen molar-refractivity contribution in [2.75, 3.05) is 0 Å². The lowest BCUT2D eigenvalue weighted by molar-refractivity contribution is 0.457. The van der Waals surface area contributed by atoms with Crippen molar-refractivity contribution in [3.8, 4) is 35.0 Å². The smallest absolute Gasteiger partial charge is 0.250 e. The molecule has 0 amide bonds. The molecule has 3 aromatic carbocycles. The van der Waals surface area contributed by atoms with E-state index in [9.17, 15) is 0 Å². The molecular weight excluding hydrogens is 467 g/mol. The van der Waals surface area contributed by atoms with Crippen LogP contribution in [0.4, 0.5) is 4.39 Å². The van der Waals surface area contributed by atoms with E-state index in [2.05, 4.69) is 79.7 Å². The second-order valence-electron chi connectivity index (χ2n) is 12.4. The van der Waals surface area contributed by atoms with Gasteiger partial charge in [-0.3, -0.25) is 0 Å². The van der Waals surface area contributed by atoms with Crippen molar-refractivity contribution in [1.82, 2.24) is 0 Å². The van der Waals surface area contributed by atoms with Crippen LogP contribution in [-0.4, -0.2) is 16.6 Å². The predicted molar refractivity (Wildman–Crippen MR) is 153 cm³/mol. The lowest BCUT2D eigenvalue weighted by Crippen LogP contribution is -2.44. The average Bonchev–Trinajstić information content (AvgIpc) is 2.72. The quantitative estimate of drug-likeness (QED) is 0.253. The van der Waals surface area contributed by atoms with E-state index < -0.39 is 16.6 Å². The van der Waals surface area contributed by atoms with E-state index in [0.717, 1.165) is 33.2 Å². The van der Waals surface area contributed by atoms with Crippen molar-refractivity contribution in [1.29, 1.82) is 0 Å². The van der Waals surface area contributed by atoms with Gasteiger partial charge in [-0.2, -0.15) is 0 Å². The molecule has 0 atom stereocenters. The summed E-state index contributed by atoms with van der Waals surface area (Å²) in [6.07, 6.45) is 5.90. The third-order valence-electron chi connectivity index (χ3n) is 7.70. The van der Waals surface area contributed by atoms with E-state index in [-0.39, 0.29) is 15.9 Å². The number of hydrogen-bond acceptors (Lipinski definition) is 2. The van der Waals surface area contributed by atoms with Gasteiger partial charge in [-0.1, -0.05) is 59.6 Å². The van der Waals surface area contributed by atoms with E-state index in [1.807, 2.05) is 30.3 Å². The van der Waals surface area contributed by atoms with Crippen LogP contribution in [0, 0.1) is 18.2 Å². The highest BCUT2D eigenvalue weighted by Crippen LogP contribution is 2.40. The number of fused-ring (bicyclic) bond motifs is 1. The molecule has 0 bridgehead atoms. The molecule has 0 spiro atoms. The third-order valence-corrected chi connectivity index (χ3v) is 16.4. The summed E-state index contributed by atoms with van der Waals surface area (Å²) in [6, 6.07) is 15.3. The Balaban J connectivity index is 1.99. The molecule has 3 aromatic rings. The van der Waals surface area contributed by atoms with Gasteiger partial charge in [0, 0.05) is 10.9 Å². The Morgan fingerprint density at radius 2 is 1.34 bits per heavy atom. The second-order valence-corrected chi connectivity index (χ2v) is 21.9. The van der Waals surface area contributed by atoms with Gasteiger partial charge in [0.1, 0.15) is 11.5 Å². The predicted octanol–water partition coefficient (Wildman–Crippen LogP) is 9.40. The van der Waals surface area contributed by atoms with Crippen LogP contribution in [-0.2, 0) is 0 Å². The first-order valence-electron chi connectivity index (χ1n) is 12.2. The summed E-state index contributed by atoms with van der Waals surface area (Å²) >= 11 is 0. The molecule has 0 unspecified atom stereocenters. The Hall–Kier alpha value is -2.56. The van der Waals surface area contributed by atoms with Crippen LogP contribution < -0.4 is 8.85 Å². The van der Waals surface area contributed by atoms with Crippen LogP contribution in [0.3, 0.4) is 0 Å². The van der Waals surface area contributed by atoms with Crippen molar-refractivity contribution in [2.24, 2.45) is 0 Å². The van der Waals surface area contributed by atoms with Gasteiger partial charge in [-0.15, -0.1) is 6.42 Å². The minimum absolute atomic E-state index is 0.00863. The normalized spacial score (nSPS) is 13.0. The van der Waals surface area contributed by atoms with Gasteiger partial charge in [0.05, 0.1) is 0 Å². The maximum Gasteiger partial charge on any atom is 0.250 e. The molecule has 0 aromatic heterocycles. The van der Waals surface area contributed by atoms with Crippen LogP contribution >= 0.6 is 0 Å². The Bertz CT molecular complexity index is 1290. The van der Waals surface area contributed by atoms with Crippen LogP contribution in [0.25, 0.3) is 21.9 Å². The first-order chi connectivity index (χ1) is 15.9. The summed E-state index contributed by atoms with van der Waals surface area (Å²) in [7, 11) is -4.10. The van der Waals surface area contributed by atoms with Gasteiger partial charge in [-0.25, -0.2) is 4.39 Å². The molecule has 35 heavy (non-hydrogen) atoms. The molecule has 0 aliphatic carbocycles. The summed E-state index contributed by atoms with van der Waals surface area (Å²) in [5.74, 6) is 3.61. The molecule has 0 fully saturated rings. The van der Waals surface area contributed by atoms with Crippen molar-refractivity contribution in [3.63, 3.8) is 0 Å². The highest BCUT2D eigenvalue weighted by Gasteiger charge is 2.40. The van der Waals surface area contributed by atoms with Crippen molar-refractivity contribution >= 4 is 27.4 Å². The van der Waals surface area contributed by atoms with Gasteiger partial charge < -0.3 is 8.85 Å². The van der Waals surface area contributed by atoms with Crippen LogP contribution in [0.1, 0.15) is 47.1 Å². The Morgan fingerprint density at radius 3 is 1.89 bits per heavy atom. The monoisotopic (exact) mass is 506 g/mol. The zero-order valence-corrected chi connectivity index (χ0v) is 24.9. The molecule has 0 aliphatic heterocycles. The molecular formula is C30H39FO2Si2. The van der Waals surface area contributed by atoms with Crippen molar-refractivity contribution in [3.05, 3.63) is 59.9 Å². The van der Waals surface area contributed by atoms with E-state index in [1.165, 1.54) is 0 Å². The fourth-order valence-electron chi connectivity index (χ4n) is 3.33. The van der Waals surface area contributed by atoms with Crippen LogP contribution in [0.5, 0.6) is 11.5 Å². The molecule has 0 N–H and O–H groups in total. The van der Waals surface area contributed by atoms with E-state index in [4.69, 9.17) is 15.3 Å². The van der Waals surface area contributed by atoms with Crippen molar-refractivity contribution < 1.29 is 13.2 Å². The maximum atomic E-state index is 15.1. The molecule has 0 radical (unpaired) electrons. The molecule has 5 heteroatoms. The van der Waals surface area contributed by atoms with Gasteiger partial charge in [0.15, 0.2) is 5.82 Å². The summed E-state index contributed by atoms with van der Waals surface area (Å²) in [5, 5.41) is 2.06. The van der Waals surface area contributed by atoms with Crippen LogP contribution in [0.2, 0.25) is 36.3 Å². The maximum absolute atomic E-state index is 15.1. The third kappa shape index (κ3) is 5.65. The Kier molecular flexibility index (Phi) is 7.07. The second kappa shape index (κ2) is 9.15. The molecule has 0 heterocycles. The summed E-state index contributed by atoms with van der Waals surface area (Å²) in [4.78, 5) is 0. The number of halogens is 1. The lowest BCUT2D eigenvalue weighted by atomic mass is 9.97. The van der Waals surface area contributed by atoms with Gasteiger partial charge in [0.25, 0.3) is 8.32 Å². The minimum Gasteiger partial charge on any atom is -0.543 e. The van der Waals surface area contributed by atoms with Gasteiger partial charge in [-0.05, 0) is 89.2 Å². The fourth-order valence-corrected chi connectivity index (χ4v) is 5.37. The molecule has 2 nitrogen and oxygen atoms in total. The van der Waals surface area contributed by atoms with Gasteiger partial charge in [0.2, 0.25) is 8.32 Å². The minimum atomic E-state index is -2.13. The SMILES string of the molecule is C#Cc1cc(-c2ccc(O[Si](C)(C)C(C)(C)C)c(F)c2)cc2ccc(O[Si](C)(C)C(C)(C)C)cc12. The molecule has 0 aliphatic rings. The molecule has 0 saturated heterocycles. The summed E-state index contributed by atoms with van der Waals surface area (Å²) < 4.78 is 27.8. The molecule has 3 rings (SSSR count). The summed E-state index contributed by atoms with van der Waals surface area (Å²) in [5.41, 5.74) is 2.41. The zero-order valence-electron chi connectivity index (χ0n) is 22.9. The largest absolute Gasteiger partial charge is 0.543 e. The number of rotatable bonds is 5. The Labute approximate surface area is 213 Å². The van der Waals surface area contributed by atoms with E-state index in [1.54, 1.807) is 12.1 Å². The molecule has 186 valence electrons. The Morgan fingerprint density at radius 1 is 0.743 bits per heavy atom. The number of terminal acetylenes is 1. The highest BCUT2D eigenvalue weighted by atomic mass is 28.4.